The van der Waals surface area contributed by atoms with Crippen LogP contribution in [0.3, 0.4) is 0 Å². The minimum Gasteiger partial charge on any atom is -0.369 e. The molecule has 1 fully saturated rings. The van der Waals surface area contributed by atoms with Gasteiger partial charge < -0.3 is 21.1 Å². The maximum absolute atomic E-state index is 12.1. The number of nitrogen functional groups attached to an aromatic ring is 1. The van der Waals surface area contributed by atoms with Crippen LogP contribution in [0.4, 0.5) is 5.95 Å². The van der Waals surface area contributed by atoms with Crippen LogP contribution in [0.2, 0.25) is 0 Å². The van der Waals surface area contributed by atoms with Crippen molar-refractivity contribution in [2.75, 3.05) is 12.3 Å². The largest absolute Gasteiger partial charge is 0.369 e. The summed E-state index contributed by atoms with van der Waals surface area (Å²) in [6.07, 6.45) is 4.24. The fourth-order valence-electron chi connectivity index (χ4n) is 2.18. The zero-order chi connectivity index (χ0) is 14.5. The molecule has 1 aromatic heterocycles. The van der Waals surface area contributed by atoms with Crippen molar-refractivity contribution in [3.05, 3.63) is 28.1 Å². The van der Waals surface area contributed by atoms with Gasteiger partial charge in [0.15, 0.2) is 5.95 Å². The van der Waals surface area contributed by atoms with Crippen LogP contribution in [-0.2, 0) is 9.59 Å². The number of hydrogen-bond donors (Lipinski definition) is 4. The number of nitrogens with two attached hydrogens (primary N) is 1. The third-order valence-corrected chi connectivity index (χ3v) is 3.63. The number of anilines is 1. The van der Waals surface area contributed by atoms with Crippen LogP contribution in [0.1, 0.15) is 5.69 Å². The first kappa shape index (κ1) is 12.9. The van der Waals surface area contributed by atoms with E-state index in [1.807, 2.05) is 0 Å². The molecule has 0 radical (unpaired) electrons. The van der Waals surface area contributed by atoms with Crippen molar-refractivity contribution in [3.63, 3.8) is 0 Å². The van der Waals surface area contributed by atoms with Crippen molar-refractivity contribution in [2.45, 2.75) is 5.72 Å². The number of amides is 2. The zero-order valence-corrected chi connectivity index (χ0v) is 11.6. The number of aromatic amines is 1. The van der Waals surface area contributed by atoms with Gasteiger partial charge in [0.1, 0.15) is 0 Å². The molecule has 104 valence electrons. The van der Waals surface area contributed by atoms with Crippen LogP contribution in [0, 0.1) is 0 Å². The van der Waals surface area contributed by atoms with Gasteiger partial charge in [-0.15, -0.1) is 0 Å². The first-order valence-corrected chi connectivity index (χ1v) is 6.46. The maximum atomic E-state index is 12.1. The van der Waals surface area contributed by atoms with Crippen LogP contribution in [0.15, 0.2) is 22.5 Å². The number of nitrogens with one attached hydrogen (secondary N) is 2. The van der Waals surface area contributed by atoms with E-state index in [1.54, 1.807) is 6.08 Å². The Labute approximate surface area is 121 Å². The third kappa shape index (κ3) is 1.74. The van der Waals surface area contributed by atoms with E-state index in [0.29, 0.717) is 11.4 Å². The second kappa shape index (κ2) is 4.18. The molecule has 0 bridgehead atoms. The van der Waals surface area contributed by atoms with Gasteiger partial charge in [0, 0.05) is 5.70 Å². The van der Waals surface area contributed by atoms with Crippen molar-refractivity contribution >= 4 is 39.8 Å². The lowest BCUT2D eigenvalue weighted by molar-refractivity contribution is -0.159. The van der Waals surface area contributed by atoms with Gasteiger partial charge in [-0.2, -0.15) is 0 Å². The van der Waals surface area contributed by atoms with Crippen molar-refractivity contribution in [1.82, 2.24) is 20.2 Å². The molecule has 3 heterocycles. The SMILES string of the molecule is Nc1ncc(/C=C2\CNC(=O)C3(O)C=C(Br)C(=O)N23)[nH]1. The van der Waals surface area contributed by atoms with Gasteiger partial charge in [-0.05, 0) is 28.1 Å². The minimum atomic E-state index is -2.01. The molecule has 0 saturated carbocycles. The molecule has 20 heavy (non-hydrogen) atoms. The standard InChI is InChI=1S/C11H10BrN5O3/c12-7-2-11(20)9(19)14-4-6(17(11)8(7)18)1-5-3-15-10(13)16-5/h1-3,20H,4H2,(H,14,19)(H3,13,15,16)/b6-1+. The first-order chi connectivity index (χ1) is 9.41. The Morgan fingerprint density at radius 3 is 2.95 bits per heavy atom. The van der Waals surface area contributed by atoms with Gasteiger partial charge in [-0.1, -0.05) is 0 Å². The molecule has 2 amide bonds. The molecule has 1 atom stereocenters. The van der Waals surface area contributed by atoms with Crippen molar-refractivity contribution in [3.8, 4) is 0 Å². The topological polar surface area (TPSA) is 124 Å². The Morgan fingerprint density at radius 2 is 2.30 bits per heavy atom. The van der Waals surface area contributed by atoms with Crippen LogP contribution in [0.25, 0.3) is 6.08 Å². The maximum Gasteiger partial charge on any atom is 0.278 e. The second-order valence-electron chi connectivity index (χ2n) is 4.40. The molecule has 9 heteroatoms. The highest BCUT2D eigenvalue weighted by Gasteiger charge is 2.53. The lowest BCUT2D eigenvalue weighted by Crippen LogP contribution is -2.61. The number of imidazole rings is 1. The van der Waals surface area contributed by atoms with Crippen LogP contribution >= 0.6 is 15.9 Å². The number of hydrogen-bond acceptors (Lipinski definition) is 5. The van der Waals surface area contributed by atoms with Crippen LogP contribution < -0.4 is 11.1 Å². The number of H-pyrrole nitrogens is 1. The summed E-state index contributed by atoms with van der Waals surface area (Å²) in [6, 6.07) is 0. The van der Waals surface area contributed by atoms with E-state index >= 15 is 0 Å². The molecule has 1 unspecified atom stereocenters. The van der Waals surface area contributed by atoms with Crippen molar-refractivity contribution in [1.29, 1.82) is 0 Å². The highest BCUT2D eigenvalue weighted by molar-refractivity contribution is 9.12. The van der Waals surface area contributed by atoms with E-state index in [4.69, 9.17) is 5.73 Å². The molecule has 0 aromatic carbocycles. The molecule has 2 aliphatic heterocycles. The fourth-order valence-corrected chi connectivity index (χ4v) is 2.68. The number of halogens is 1. The summed E-state index contributed by atoms with van der Waals surface area (Å²) in [6.45, 7) is 0.111. The summed E-state index contributed by atoms with van der Waals surface area (Å²) >= 11 is 3.04. The Balaban J connectivity index is 2.04. The number of aromatic nitrogens is 2. The third-order valence-electron chi connectivity index (χ3n) is 3.06. The fraction of sp³-hybridized carbons (Fsp3) is 0.182. The van der Waals surface area contributed by atoms with Gasteiger partial charge in [-0.3, -0.25) is 14.5 Å². The Morgan fingerprint density at radius 1 is 1.55 bits per heavy atom. The van der Waals surface area contributed by atoms with Gasteiger partial charge in [0.2, 0.25) is 5.72 Å². The van der Waals surface area contributed by atoms with Gasteiger partial charge >= 0.3 is 0 Å². The Hall–Kier alpha value is -2.13. The highest BCUT2D eigenvalue weighted by atomic mass is 79.9. The van der Waals surface area contributed by atoms with Crippen LogP contribution in [-0.4, -0.2) is 44.1 Å². The summed E-state index contributed by atoms with van der Waals surface area (Å²) in [4.78, 5) is 31.5. The summed E-state index contributed by atoms with van der Waals surface area (Å²) in [5.74, 6) is -0.901. The average Bonchev–Trinajstić information content (AvgIpc) is 2.88. The molecular weight excluding hydrogens is 330 g/mol. The van der Waals surface area contributed by atoms with E-state index in [-0.39, 0.29) is 17.0 Å². The van der Waals surface area contributed by atoms with E-state index in [9.17, 15) is 14.7 Å². The minimum absolute atomic E-state index is 0.111. The number of carbonyl (C=O) groups excluding carboxylic acids is 2. The first-order valence-electron chi connectivity index (χ1n) is 5.66. The van der Waals surface area contributed by atoms with E-state index in [0.717, 1.165) is 4.90 Å². The molecule has 2 aliphatic rings. The summed E-state index contributed by atoms with van der Waals surface area (Å²) < 4.78 is 0.132. The second-order valence-corrected chi connectivity index (χ2v) is 5.26. The molecule has 5 N–H and O–H groups in total. The molecular formula is C11H10BrN5O3. The molecule has 8 nitrogen and oxygen atoms in total. The Kier molecular flexibility index (Phi) is 2.69. The number of nitrogens with zero attached hydrogens (tertiary/aromatic N) is 2. The van der Waals surface area contributed by atoms with Crippen LogP contribution in [0.5, 0.6) is 0 Å². The van der Waals surface area contributed by atoms with Gasteiger partial charge in [0.25, 0.3) is 11.8 Å². The van der Waals surface area contributed by atoms with E-state index in [1.165, 1.54) is 12.3 Å². The predicted octanol–water partition coefficient (Wildman–Crippen LogP) is -0.728. The zero-order valence-electron chi connectivity index (χ0n) is 10.1. The lowest BCUT2D eigenvalue weighted by atomic mass is 10.1. The number of aliphatic hydroxyl groups is 1. The number of carbonyl (C=O) groups is 2. The summed E-state index contributed by atoms with van der Waals surface area (Å²) in [5, 5.41) is 12.9. The lowest BCUT2D eigenvalue weighted by Gasteiger charge is -2.37. The molecule has 1 aromatic rings. The number of fused-ring (bicyclic) bond motifs is 1. The normalized spacial score (nSPS) is 27.6. The van der Waals surface area contributed by atoms with E-state index in [2.05, 4.69) is 31.2 Å². The van der Waals surface area contributed by atoms with Gasteiger partial charge in [-0.25, -0.2) is 4.98 Å². The monoisotopic (exact) mass is 339 g/mol. The molecule has 3 rings (SSSR count). The highest BCUT2D eigenvalue weighted by Crippen LogP contribution is 2.35. The Bertz CT molecular complexity index is 679. The smallest absolute Gasteiger partial charge is 0.278 e. The average molecular weight is 340 g/mol. The predicted molar refractivity (Wildman–Crippen MR) is 72.8 cm³/mol. The molecule has 0 spiro atoms. The molecule has 1 saturated heterocycles. The number of rotatable bonds is 1. The van der Waals surface area contributed by atoms with Gasteiger partial charge in [0.05, 0.1) is 22.9 Å². The van der Waals surface area contributed by atoms with Crippen molar-refractivity contribution in [2.24, 2.45) is 0 Å². The molecule has 0 aliphatic carbocycles. The van der Waals surface area contributed by atoms with E-state index < -0.39 is 17.5 Å². The number of piperazine rings is 1. The summed E-state index contributed by atoms with van der Waals surface area (Å²) in [7, 11) is 0. The summed E-state index contributed by atoms with van der Waals surface area (Å²) in [5.41, 5.74) is 4.45. The van der Waals surface area contributed by atoms with Crippen molar-refractivity contribution < 1.29 is 14.7 Å². The quantitative estimate of drug-likeness (QED) is 0.537.